The SMILES string of the molecule is CC(=O)O.CC(C)(O)C(Cl)(Cl)Cl. The summed E-state index contributed by atoms with van der Waals surface area (Å²) in [6.07, 6.45) is 0. The van der Waals surface area contributed by atoms with Crippen molar-refractivity contribution in [2.45, 2.75) is 30.2 Å². The molecule has 74 valence electrons. The second kappa shape index (κ2) is 5.12. The molecule has 2 N–H and O–H groups in total. The number of carboxylic acids is 1. The lowest BCUT2D eigenvalue weighted by atomic mass is 10.2. The van der Waals surface area contributed by atoms with Gasteiger partial charge in [0.25, 0.3) is 5.97 Å². The van der Waals surface area contributed by atoms with E-state index in [4.69, 9.17) is 49.8 Å². The van der Waals surface area contributed by atoms with Crippen molar-refractivity contribution < 1.29 is 15.0 Å². The maximum absolute atomic E-state index is 9.00. The van der Waals surface area contributed by atoms with Crippen LogP contribution in [0, 0.1) is 0 Å². The number of carbonyl (C=O) groups is 1. The van der Waals surface area contributed by atoms with Gasteiger partial charge < -0.3 is 10.2 Å². The van der Waals surface area contributed by atoms with Crippen molar-refractivity contribution in [1.29, 1.82) is 0 Å². The molecular formula is C6H11Cl3O3. The van der Waals surface area contributed by atoms with E-state index in [-0.39, 0.29) is 0 Å². The van der Waals surface area contributed by atoms with Crippen LogP contribution in [-0.2, 0) is 4.79 Å². The van der Waals surface area contributed by atoms with Crippen molar-refractivity contribution in [3.8, 4) is 0 Å². The van der Waals surface area contributed by atoms with Gasteiger partial charge in [-0.15, -0.1) is 0 Å². The Morgan fingerprint density at radius 1 is 1.25 bits per heavy atom. The molecule has 0 amide bonds. The third kappa shape index (κ3) is 10.3. The van der Waals surface area contributed by atoms with Crippen LogP contribution < -0.4 is 0 Å². The van der Waals surface area contributed by atoms with Crippen molar-refractivity contribution in [1.82, 2.24) is 0 Å². The monoisotopic (exact) mass is 236 g/mol. The molecule has 0 aromatic heterocycles. The largest absolute Gasteiger partial charge is 0.481 e. The van der Waals surface area contributed by atoms with Gasteiger partial charge in [0.15, 0.2) is 0 Å². The van der Waals surface area contributed by atoms with Crippen LogP contribution in [0.5, 0.6) is 0 Å². The van der Waals surface area contributed by atoms with Crippen LogP contribution >= 0.6 is 34.8 Å². The maximum Gasteiger partial charge on any atom is 0.300 e. The highest BCUT2D eigenvalue weighted by molar-refractivity contribution is 6.68. The highest BCUT2D eigenvalue weighted by Crippen LogP contribution is 2.37. The molecule has 0 bridgehead atoms. The van der Waals surface area contributed by atoms with Crippen molar-refractivity contribution in [3.63, 3.8) is 0 Å². The number of hydrogen-bond acceptors (Lipinski definition) is 2. The molecule has 0 aliphatic heterocycles. The molecule has 0 atom stereocenters. The Morgan fingerprint density at radius 2 is 1.33 bits per heavy atom. The predicted octanol–water partition coefficient (Wildman–Crippen LogP) is 2.22. The van der Waals surface area contributed by atoms with Crippen molar-refractivity contribution in [2.24, 2.45) is 0 Å². The van der Waals surface area contributed by atoms with Gasteiger partial charge in [-0.2, -0.15) is 0 Å². The van der Waals surface area contributed by atoms with Crippen LogP contribution in [-0.4, -0.2) is 25.6 Å². The summed E-state index contributed by atoms with van der Waals surface area (Å²) < 4.78 is -1.59. The Morgan fingerprint density at radius 3 is 1.33 bits per heavy atom. The first-order chi connectivity index (χ1) is 4.98. The summed E-state index contributed by atoms with van der Waals surface area (Å²) in [5.74, 6) is -0.833. The van der Waals surface area contributed by atoms with Gasteiger partial charge in [0.2, 0.25) is 3.79 Å². The summed E-state index contributed by atoms with van der Waals surface area (Å²) in [6, 6.07) is 0. The molecule has 0 spiro atoms. The summed E-state index contributed by atoms with van der Waals surface area (Å²) in [4.78, 5) is 9.00. The molecule has 12 heavy (non-hydrogen) atoms. The standard InChI is InChI=1S/C4H7Cl3O.C2H4O2/c1-3(2,8)4(5,6)7;1-2(3)4/h8H,1-2H3;1H3,(H,3,4). The lowest BCUT2D eigenvalue weighted by molar-refractivity contribution is -0.134. The topological polar surface area (TPSA) is 57.5 Å². The molecule has 0 aliphatic carbocycles. The number of halogens is 3. The fourth-order valence-electron chi connectivity index (χ4n) is 0. The molecule has 0 rings (SSSR count). The van der Waals surface area contributed by atoms with Gasteiger partial charge in [-0.05, 0) is 13.8 Å². The molecule has 0 aliphatic rings. The first-order valence-corrected chi connectivity index (χ1v) is 4.10. The second-order valence-electron chi connectivity index (χ2n) is 2.58. The quantitative estimate of drug-likeness (QED) is 0.635. The Balaban J connectivity index is 0. The van der Waals surface area contributed by atoms with E-state index in [0.717, 1.165) is 6.92 Å². The average molecular weight is 238 g/mol. The van der Waals surface area contributed by atoms with E-state index in [2.05, 4.69) is 0 Å². The molecule has 6 heteroatoms. The summed E-state index contributed by atoms with van der Waals surface area (Å²) in [5, 5.41) is 16.4. The first kappa shape index (κ1) is 14.8. The number of aliphatic hydroxyl groups is 1. The van der Waals surface area contributed by atoms with Crippen LogP contribution in [0.2, 0.25) is 0 Å². The Labute approximate surface area is 86.2 Å². The van der Waals surface area contributed by atoms with E-state index in [1.165, 1.54) is 13.8 Å². The zero-order valence-electron chi connectivity index (χ0n) is 6.94. The van der Waals surface area contributed by atoms with Crippen molar-refractivity contribution in [3.05, 3.63) is 0 Å². The van der Waals surface area contributed by atoms with Crippen molar-refractivity contribution in [2.75, 3.05) is 0 Å². The van der Waals surface area contributed by atoms with Crippen LogP contribution in [0.1, 0.15) is 20.8 Å². The average Bonchev–Trinajstić information content (AvgIpc) is 1.55. The maximum atomic E-state index is 9.00. The smallest absolute Gasteiger partial charge is 0.300 e. The number of rotatable bonds is 0. The van der Waals surface area contributed by atoms with Crippen LogP contribution in [0.3, 0.4) is 0 Å². The number of aliphatic carboxylic acids is 1. The second-order valence-corrected chi connectivity index (χ2v) is 4.86. The summed E-state index contributed by atoms with van der Waals surface area (Å²) in [5.41, 5.74) is -1.27. The Hall–Kier alpha value is 0.300. The van der Waals surface area contributed by atoms with Crippen LogP contribution in [0.25, 0.3) is 0 Å². The lowest BCUT2D eigenvalue weighted by Crippen LogP contribution is -2.35. The number of hydrogen-bond donors (Lipinski definition) is 2. The minimum absolute atomic E-state index is 0.833. The Bertz CT molecular complexity index is 129. The van der Waals surface area contributed by atoms with E-state index < -0.39 is 15.4 Å². The predicted molar refractivity (Wildman–Crippen MR) is 49.9 cm³/mol. The third-order valence-corrected chi connectivity index (χ3v) is 2.08. The minimum atomic E-state index is -1.59. The zero-order valence-corrected chi connectivity index (χ0v) is 9.20. The van der Waals surface area contributed by atoms with E-state index >= 15 is 0 Å². The molecule has 0 aromatic carbocycles. The zero-order chi connectivity index (χ0) is 10.6. The molecule has 0 fully saturated rings. The van der Waals surface area contributed by atoms with Gasteiger partial charge in [-0.1, -0.05) is 34.8 Å². The fourth-order valence-corrected chi connectivity index (χ4v) is 0. The van der Waals surface area contributed by atoms with Gasteiger partial charge in [0, 0.05) is 6.92 Å². The number of alkyl halides is 3. The van der Waals surface area contributed by atoms with E-state index in [1.807, 2.05) is 0 Å². The third-order valence-electron chi connectivity index (χ3n) is 0.694. The summed E-state index contributed by atoms with van der Waals surface area (Å²) in [6.45, 7) is 3.94. The lowest BCUT2D eigenvalue weighted by Gasteiger charge is -2.25. The first-order valence-electron chi connectivity index (χ1n) is 2.97. The highest BCUT2D eigenvalue weighted by atomic mass is 35.6. The molecule has 0 saturated heterocycles. The van der Waals surface area contributed by atoms with Gasteiger partial charge in [-0.25, -0.2) is 0 Å². The molecule has 0 unspecified atom stereocenters. The van der Waals surface area contributed by atoms with Crippen LogP contribution in [0.15, 0.2) is 0 Å². The summed E-state index contributed by atoms with van der Waals surface area (Å²) in [7, 11) is 0. The molecule has 3 nitrogen and oxygen atoms in total. The van der Waals surface area contributed by atoms with Gasteiger partial charge >= 0.3 is 0 Å². The molecular weight excluding hydrogens is 226 g/mol. The molecule has 0 radical (unpaired) electrons. The van der Waals surface area contributed by atoms with Crippen molar-refractivity contribution >= 4 is 40.8 Å². The van der Waals surface area contributed by atoms with E-state index in [9.17, 15) is 0 Å². The molecule has 0 heterocycles. The fraction of sp³-hybridized carbons (Fsp3) is 0.833. The molecule has 0 saturated carbocycles. The highest BCUT2D eigenvalue weighted by Gasteiger charge is 2.38. The minimum Gasteiger partial charge on any atom is -0.481 e. The van der Waals surface area contributed by atoms with Gasteiger partial charge in [-0.3, -0.25) is 4.79 Å². The number of carboxylic acid groups (broad SMARTS) is 1. The van der Waals surface area contributed by atoms with Gasteiger partial charge in [0.1, 0.15) is 5.60 Å². The van der Waals surface area contributed by atoms with Crippen LogP contribution in [0.4, 0.5) is 0 Å². The Kier molecular flexibility index (Phi) is 6.32. The normalized spacial score (nSPS) is 11.6. The summed E-state index contributed by atoms with van der Waals surface area (Å²) >= 11 is 15.9. The van der Waals surface area contributed by atoms with E-state index in [1.54, 1.807) is 0 Å². The van der Waals surface area contributed by atoms with E-state index in [0.29, 0.717) is 0 Å². The molecule has 0 aromatic rings. The van der Waals surface area contributed by atoms with Gasteiger partial charge in [0.05, 0.1) is 0 Å².